The Morgan fingerprint density at radius 3 is 2.48 bits per heavy atom. The van der Waals surface area contributed by atoms with Crippen molar-refractivity contribution in [3.63, 3.8) is 0 Å². The maximum absolute atomic E-state index is 13.1. The first-order valence-electron chi connectivity index (χ1n) is 9.07. The Kier molecular flexibility index (Phi) is 5.99. The summed E-state index contributed by atoms with van der Waals surface area (Å²) in [5.74, 6) is 0.175. The van der Waals surface area contributed by atoms with Crippen molar-refractivity contribution in [2.45, 2.75) is 31.8 Å². The van der Waals surface area contributed by atoms with Crippen LogP contribution in [0.2, 0.25) is 10.0 Å². The number of aromatic hydroxyl groups is 1. The molecule has 1 saturated heterocycles. The number of hydrogen-bond acceptors (Lipinski definition) is 3. The van der Waals surface area contributed by atoms with Gasteiger partial charge in [0.25, 0.3) is 0 Å². The molecule has 1 amide bonds. The Labute approximate surface area is 170 Å². The van der Waals surface area contributed by atoms with E-state index in [0.717, 1.165) is 37.1 Å². The highest BCUT2D eigenvalue weighted by atomic mass is 35.5. The molecule has 27 heavy (non-hydrogen) atoms. The first-order chi connectivity index (χ1) is 12.8. The van der Waals surface area contributed by atoms with Gasteiger partial charge < -0.3 is 10.0 Å². The molecule has 0 radical (unpaired) electrons. The molecular weight excluding hydrogens is 383 g/mol. The fraction of sp³-hybridized carbons (Fsp3) is 0.381. The number of phenols is 1. The Morgan fingerprint density at radius 2 is 1.85 bits per heavy atom. The van der Waals surface area contributed by atoms with Crippen LogP contribution < -0.4 is 0 Å². The molecule has 4 nitrogen and oxygen atoms in total. The normalized spacial score (nSPS) is 16.9. The number of rotatable bonds is 5. The minimum Gasteiger partial charge on any atom is -0.508 e. The number of phenolic OH excluding ortho intramolecular Hbond substituents is 1. The summed E-state index contributed by atoms with van der Waals surface area (Å²) in [6.45, 7) is 3.87. The largest absolute Gasteiger partial charge is 0.508 e. The molecule has 2 aromatic rings. The van der Waals surface area contributed by atoms with Gasteiger partial charge in [-0.05, 0) is 55.2 Å². The number of amides is 1. The van der Waals surface area contributed by atoms with Gasteiger partial charge in [0, 0.05) is 20.1 Å². The molecule has 3 rings (SSSR count). The number of benzene rings is 2. The second-order valence-electron chi connectivity index (χ2n) is 7.14. The molecule has 6 heteroatoms. The number of likely N-dealkylation sites (tertiary alicyclic amines) is 1. The molecule has 1 atom stereocenters. The highest BCUT2D eigenvalue weighted by Gasteiger charge is 2.41. The highest BCUT2D eigenvalue weighted by Crippen LogP contribution is 2.36. The van der Waals surface area contributed by atoms with E-state index in [4.69, 9.17) is 23.2 Å². The van der Waals surface area contributed by atoms with Gasteiger partial charge >= 0.3 is 0 Å². The number of nitrogens with zero attached hydrogens (tertiary/aromatic N) is 2. The number of carbonyl (C=O) groups excluding carboxylic acids is 1. The minimum absolute atomic E-state index is 0.0221. The smallest absolute Gasteiger partial charge is 0.228 e. The summed E-state index contributed by atoms with van der Waals surface area (Å²) < 4.78 is 0. The van der Waals surface area contributed by atoms with E-state index in [1.165, 1.54) is 0 Å². The van der Waals surface area contributed by atoms with Crippen LogP contribution in [-0.4, -0.2) is 41.0 Å². The molecule has 144 valence electrons. The zero-order chi connectivity index (χ0) is 19.6. The zero-order valence-electron chi connectivity index (χ0n) is 15.6. The van der Waals surface area contributed by atoms with Crippen molar-refractivity contribution in [1.82, 2.24) is 9.80 Å². The summed E-state index contributed by atoms with van der Waals surface area (Å²) in [6.07, 6.45) is 2.43. The summed E-state index contributed by atoms with van der Waals surface area (Å²) in [5, 5.41) is 10.9. The summed E-state index contributed by atoms with van der Waals surface area (Å²) in [7, 11) is 1.82. The lowest BCUT2D eigenvalue weighted by Gasteiger charge is -2.46. The average Bonchev–Trinajstić information content (AvgIpc) is 3.18. The number of carbonyl (C=O) groups is 1. The average molecular weight is 407 g/mol. The standard InChI is InChI=1S/C21H24Cl2N2O2/c1-21(25-10-3-4-11-25,16-6-5-7-17(26)14-16)24(2)20(27)13-15-8-9-18(22)19(23)12-15/h5-9,12,14,26H,3-4,10-11,13H2,1-2H3. The van der Waals surface area contributed by atoms with Gasteiger partial charge in [0.2, 0.25) is 5.91 Å². The third-order valence-corrected chi connectivity index (χ3v) is 6.22. The van der Waals surface area contributed by atoms with Crippen LogP contribution >= 0.6 is 23.2 Å². The molecule has 2 aromatic carbocycles. The molecule has 0 bridgehead atoms. The molecular formula is C21H24Cl2N2O2. The lowest BCUT2D eigenvalue weighted by atomic mass is 9.96. The van der Waals surface area contributed by atoms with Crippen LogP contribution in [-0.2, 0) is 16.9 Å². The van der Waals surface area contributed by atoms with Crippen LogP contribution in [0.3, 0.4) is 0 Å². The van der Waals surface area contributed by atoms with Crippen LogP contribution in [0.25, 0.3) is 0 Å². The van der Waals surface area contributed by atoms with Gasteiger partial charge in [-0.15, -0.1) is 0 Å². The van der Waals surface area contributed by atoms with Gasteiger partial charge in [0.15, 0.2) is 0 Å². The molecule has 1 heterocycles. The predicted octanol–water partition coefficient (Wildman–Crippen LogP) is 4.67. The molecule has 0 saturated carbocycles. The molecule has 1 N–H and O–H groups in total. The molecule has 1 aliphatic rings. The lowest BCUT2D eigenvalue weighted by Crippen LogP contribution is -2.56. The van der Waals surface area contributed by atoms with Crippen LogP contribution in [0, 0.1) is 0 Å². The van der Waals surface area contributed by atoms with Crippen molar-refractivity contribution in [1.29, 1.82) is 0 Å². The topological polar surface area (TPSA) is 43.8 Å². The zero-order valence-corrected chi connectivity index (χ0v) is 17.1. The summed E-state index contributed by atoms with van der Waals surface area (Å²) in [5.41, 5.74) is 1.08. The van der Waals surface area contributed by atoms with Gasteiger partial charge in [-0.25, -0.2) is 0 Å². The van der Waals surface area contributed by atoms with Gasteiger partial charge in [0.05, 0.1) is 16.5 Å². The molecule has 1 unspecified atom stereocenters. The van der Waals surface area contributed by atoms with Crippen molar-refractivity contribution in [2.24, 2.45) is 0 Å². The van der Waals surface area contributed by atoms with Crippen molar-refractivity contribution in [3.05, 3.63) is 63.6 Å². The first-order valence-corrected chi connectivity index (χ1v) is 9.83. The monoisotopic (exact) mass is 406 g/mol. The lowest BCUT2D eigenvalue weighted by molar-refractivity contribution is -0.143. The summed E-state index contributed by atoms with van der Waals surface area (Å²) in [4.78, 5) is 17.2. The van der Waals surface area contributed by atoms with E-state index in [-0.39, 0.29) is 18.1 Å². The quantitative estimate of drug-likeness (QED) is 0.784. The number of hydrogen-bond donors (Lipinski definition) is 1. The number of likely N-dealkylation sites (N-methyl/N-ethyl adjacent to an activating group) is 1. The van der Waals surface area contributed by atoms with Gasteiger partial charge in [-0.2, -0.15) is 0 Å². The van der Waals surface area contributed by atoms with E-state index in [1.807, 2.05) is 32.2 Å². The fourth-order valence-corrected chi connectivity index (χ4v) is 4.05. The van der Waals surface area contributed by atoms with Crippen molar-refractivity contribution < 1.29 is 9.90 Å². The van der Waals surface area contributed by atoms with Gasteiger partial charge in [0.1, 0.15) is 11.4 Å². The Morgan fingerprint density at radius 1 is 1.15 bits per heavy atom. The van der Waals surface area contributed by atoms with E-state index < -0.39 is 5.66 Å². The van der Waals surface area contributed by atoms with Crippen LogP contribution in [0.15, 0.2) is 42.5 Å². The summed E-state index contributed by atoms with van der Waals surface area (Å²) >= 11 is 12.1. The maximum Gasteiger partial charge on any atom is 0.228 e. The summed E-state index contributed by atoms with van der Waals surface area (Å²) in [6, 6.07) is 12.4. The molecule has 1 fully saturated rings. The van der Waals surface area contributed by atoms with E-state index >= 15 is 0 Å². The van der Waals surface area contributed by atoms with Gasteiger partial charge in [-0.1, -0.05) is 41.4 Å². The molecule has 0 spiro atoms. The van der Waals surface area contributed by atoms with E-state index in [9.17, 15) is 9.90 Å². The van der Waals surface area contributed by atoms with Crippen LogP contribution in [0.4, 0.5) is 0 Å². The minimum atomic E-state index is -0.636. The third-order valence-electron chi connectivity index (χ3n) is 5.48. The predicted molar refractivity (Wildman–Crippen MR) is 109 cm³/mol. The second kappa shape index (κ2) is 8.09. The molecule has 0 aromatic heterocycles. The Hall–Kier alpha value is -1.75. The Balaban J connectivity index is 1.91. The van der Waals surface area contributed by atoms with E-state index in [2.05, 4.69) is 4.90 Å². The van der Waals surface area contributed by atoms with Gasteiger partial charge in [-0.3, -0.25) is 9.69 Å². The molecule has 1 aliphatic heterocycles. The maximum atomic E-state index is 13.1. The van der Waals surface area contributed by atoms with Crippen molar-refractivity contribution in [2.75, 3.05) is 20.1 Å². The fourth-order valence-electron chi connectivity index (χ4n) is 3.73. The third kappa shape index (κ3) is 4.08. The van der Waals surface area contributed by atoms with Crippen molar-refractivity contribution >= 4 is 29.1 Å². The SMILES string of the molecule is CN(C(=O)Cc1ccc(Cl)c(Cl)c1)C(C)(c1cccc(O)c1)N1CCCC1. The molecule has 0 aliphatic carbocycles. The van der Waals surface area contributed by atoms with E-state index in [0.29, 0.717) is 10.0 Å². The van der Waals surface area contributed by atoms with Crippen LogP contribution in [0.5, 0.6) is 5.75 Å². The van der Waals surface area contributed by atoms with E-state index in [1.54, 1.807) is 29.2 Å². The second-order valence-corrected chi connectivity index (χ2v) is 7.96. The van der Waals surface area contributed by atoms with Crippen LogP contribution in [0.1, 0.15) is 30.9 Å². The highest BCUT2D eigenvalue weighted by molar-refractivity contribution is 6.42. The van der Waals surface area contributed by atoms with Crippen molar-refractivity contribution in [3.8, 4) is 5.75 Å². The Bertz CT molecular complexity index is 837. The first kappa shape index (κ1) is 20.0. The number of halogens is 2.